The van der Waals surface area contributed by atoms with Gasteiger partial charge in [0.05, 0.1) is 0 Å². The Hall–Kier alpha value is -1.89. The third-order valence-corrected chi connectivity index (χ3v) is 5.64. The molecule has 7 heteroatoms. The van der Waals surface area contributed by atoms with Crippen molar-refractivity contribution in [2.24, 2.45) is 4.99 Å². The average Bonchev–Trinajstić information content (AvgIpc) is 3.19. The number of carbonyl (C=O) groups excluding carboxylic acids is 2. The first-order valence-electron chi connectivity index (χ1n) is 8.68. The van der Waals surface area contributed by atoms with Gasteiger partial charge in [-0.2, -0.15) is 0 Å². The largest absolute Gasteiger partial charge is 0.326 e. The fourth-order valence-electron chi connectivity index (χ4n) is 3.27. The molecule has 1 aromatic carbocycles. The maximum Gasteiger partial charge on any atom is 0.242 e. The predicted molar refractivity (Wildman–Crippen MR) is 98.1 cm³/mol. The van der Waals surface area contributed by atoms with Gasteiger partial charge in [-0.25, -0.2) is 4.39 Å². The molecule has 0 aromatic heterocycles. The maximum absolute atomic E-state index is 12.9. The number of hydrogen-bond donors (Lipinski definition) is 1. The Kier molecular flexibility index (Phi) is 5.73. The first-order valence-corrected chi connectivity index (χ1v) is 9.56. The first kappa shape index (κ1) is 17.9. The molecule has 0 bridgehead atoms. The number of halogens is 1. The number of thioether (sulfide) groups is 1. The number of amidine groups is 1. The number of carbonyl (C=O) groups is 2. The minimum Gasteiger partial charge on any atom is -0.326 e. The number of anilines is 1. The number of benzene rings is 1. The van der Waals surface area contributed by atoms with E-state index in [2.05, 4.69) is 10.3 Å². The lowest BCUT2D eigenvalue weighted by Gasteiger charge is -2.23. The summed E-state index contributed by atoms with van der Waals surface area (Å²) in [4.78, 5) is 31.3. The summed E-state index contributed by atoms with van der Waals surface area (Å²) in [6, 6.07) is 5.81. The van der Waals surface area contributed by atoms with Crippen LogP contribution >= 0.6 is 11.8 Å². The number of aliphatic imine (C=N–C) groups is 1. The highest BCUT2D eigenvalue weighted by molar-refractivity contribution is 8.15. The Morgan fingerprint density at radius 2 is 2.00 bits per heavy atom. The highest BCUT2D eigenvalue weighted by atomic mass is 32.2. The van der Waals surface area contributed by atoms with Crippen molar-refractivity contribution in [1.82, 2.24) is 4.90 Å². The van der Waals surface area contributed by atoms with Crippen molar-refractivity contribution in [3.05, 3.63) is 30.1 Å². The molecule has 1 saturated heterocycles. The van der Waals surface area contributed by atoms with Gasteiger partial charge in [0.1, 0.15) is 11.1 Å². The van der Waals surface area contributed by atoms with Crippen LogP contribution in [0.1, 0.15) is 39.0 Å². The molecule has 25 heavy (non-hydrogen) atoms. The maximum atomic E-state index is 12.9. The van der Waals surface area contributed by atoms with Gasteiger partial charge < -0.3 is 5.32 Å². The van der Waals surface area contributed by atoms with Crippen LogP contribution in [0.3, 0.4) is 0 Å². The third-order valence-electron chi connectivity index (χ3n) is 4.45. The summed E-state index contributed by atoms with van der Waals surface area (Å²) in [5.41, 5.74) is 0.525. The minimum atomic E-state index is -0.439. The number of amides is 2. The van der Waals surface area contributed by atoms with Crippen molar-refractivity contribution in [3.8, 4) is 0 Å². The van der Waals surface area contributed by atoms with Crippen molar-refractivity contribution in [1.29, 1.82) is 0 Å². The van der Waals surface area contributed by atoms with Crippen LogP contribution in [0.2, 0.25) is 0 Å². The molecule has 0 spiro atoms. The summed E-state index contributed by atoms with van der Waals surface area (Å²) in [5, 5.41) is 3.03. The summed E-state index contributed by atoms with van der Waals surface area (Å²) in [6.45, 7) is 2.56. The lowest BCUT2D eigenvalue weighted by Crippen LogP contribution is -2.40. The van der Waals surface area contributed by atoms with Crippen molar-refractivity contribution in [2.45, 2.75) is 50.3 Å². The highest BCUT2D eigenvalue weighted by Crippen LogP contribution is 2.36. The van der Waals surface area contributed by atoms with E-state index < -0.39 is 5.25 Å². The van der Waals surface area contributed by atoms with E-state index >= 15 is 0 Å². The van der Waals surface area contributed by atoms with Gasteiger partial charge in [0.25, 0.3) is 0 Å². The lowest BCUT2D eigenvalue weighted by atomic mass is 10.2. The fourth-order valence-corrected chi connectivity index (χ4v) is 4.53. The van der Waals surface area contributed by atoms with E-state index in [1.54, 1.807) is 0 Å². The molecule has 3 rings (SSSR count). The molecule has 5 nitrogen and oxygen atoms in total. The van der Waals surface area contributed by atoms with Crippen LogP contribution in [-0.2, 0) is 9.59 Å². The Labute approximate surface area is 151 Å². The van der Waals surface area contributed by atoms with Gasteiger partial charge >= 0.3 is 0 Å². The summed E-state index contributed by atoms with van der Waals surface area (Å²) in [6.07, 6.45) is 4.36. The number of hydrogen-bond acceptors (Lipinski definition) is 4. The van der Waals surface area contributed by atoms with E-state index in [9.17, 15) is 14.0 Å². The molecule has 1 atom stereocenters. The molecular weight excluding hydrogens is 341 g/mol. The second-order valence-corrected chi connectivity index (χ2v) is 7.44. The lowest BCUT2D eigenvalue weighted by molar-refractivity contribution is -0.129. The molecule has 1 heterocycles. The monoisotopic (exact) mass is 363 g/mol. The van der Waals surface area contributed by atoms with Gasteiger partial charge in [-0.05, 0) is 44.0 Å². The molecule has 0 radical (unpaired) electrons. The van der Waals surface area contributed by atoms with Crippen LogP contribution in [0.15, 0.2) is 29.3 Å². The van der Waals surface area contributed by atoms with E-state index in [1.165, 1.54) is 36.0 Å². The Morgan fingerprint density at radius 1 is 1.32 bits per heavy atom. The van der Waals surface area contributed by atoms with E-state index in [-0.39, 0.29) is 30.1 Å². The average molecular weight is 363 g/mol. The minimum absolute atomic E-state index is 0.0154. The number of rotatable bonds is 5. The summed E-state index contributed by atoms with van der Waals surface area (Å²) in [5.74, 6) is -0.618. The van der Waals surface area contributed by atoms with Gasteiger partial charge in [-0.15, -0.1) is 0 Å². The van der Waals surface area contributed by atoms with E-state index in [1.807, 2.05) is 11.8 Å². The van der Waals surface area contributed by atoms with Crippen molar-refractivity contribution < 1.29 is 14.0 Å². The zero-order valence-electron chi connectivity index (χ0n) is 14.2. The molecule has 2 aliphatic rings. The molecule has 2 fully saturated rings. The SMILES string of the molecule is CCN=C1S[C@H](CC(=O)Nc2ccc(F)cc2)C(=O)N1C1CCCC1. The second-order valence-electron chi connectivity index (χ2n) is 6.27. The normalized spacial score (nSPS) is 22.8. The molecule has 0 unspecified atom stereocenters. The van der Waals surface area contributed by atoms with Crippen LogP contribution in [-0.4, -0.2) is 39.7 Å². The summed E-state index contributed by atoms with van der Waals surface area (Å²) < 4.78 is 12.9. The predicted octanol–water partition coefficient (Wildman–Crippen LogP) is 3.42. The molecule has 1 aromatic rings. The van der Waals surface area contributed by atoms with E-state index in [0.29, 0.717) is 12.2 Å². The topological polar surface area (TPSA) is 61.8 Å². The number of nitrogens with one attached hydrogen (secondary N) is 1. The van der Waals surface area contributed by atoms with Crippen molar-refractivity contribution >= 4 is 34.4 Å². The first-order chi connectivity index (χ1) is 12.1. The Morgan fingerprint density at radius 3 is 2.64 bits per heavy atom. The van der Waals surface area contributed by atoms with Crippen LogP contribution < -0.4 is 5.32 Å². The molecule has 134 valence electrons. The molecular formula is C18H22FN3O2S. The van der Waals surface area contributed by atoms with Crippen LogP contribution in [0, 0.1) is 5.82 Å². The van der Waals surface area contributed by atoms with Crippen molar-refractivity contribution in [2.75, 3.05) is 11.9 Å². The van der Waals surface area contributed by atoms with E-state index in [0.717, 1.165) is 30.9 Å². The van der Waals surface area contributed by atoms with Crippen LogP contribution in [0.5, 0.6) is 0 Å². The Balaban J connectivity index is 1.65. The third kappa shape index (κ3) is 4.21. The van der Waals surface area contributed by atoms with E-state index in [4.69, 9.17) is 0 Å². The number of nitrogens with zero attached hydrogens (tertiary/aromatic N) is 2. The van der Waals surface area contributed by atoms with Crippen LogP contribution in [0.25, 0.3) is 0 Å². The van der Waals surface area contributed by atoms with Crippen molar-refractivity contribution in [3.63, 3.8) is 0 Å². The summed E-state index contributed by atoms with van der Waals surface area (Å²) in [7, 11) is 0. The van der Waals surface area contributed by atoms with Gasteiger partial charge in [0, 0.05) is 24.7 Å². The second kappa shape index (κ2) is 7.99. The van der Waals surface area contributed by atoms with Gasteiger partial charge in [0.15, 0.2) is 5.17 Å². The quantitative estimate of drug-likeness (QED) is 0.872. The van der Waals surface area contributed by atoms with Gasteiger partial charge in [0.2, 0.25) is 11.8 Å². The molecule has 1 aliphatic carbocycles. The van der Waals surface area contributed by atoms with Gasteiger partial charge in [-0.1, -0.05) is 24.6 Å². The molecule has 2 amide bonds. The summed E-state index contributed by atoms with van der Waals surface area (Å²) >= 11 is 1.39. The fraction of sp³-hybridized carbons (Fsp3) is 0.500. The highest BCUT2D eigenvalue weighted by Gasteiger charge is 2.43. The smallest absolute Gasteiger partial charge is 0.242 e. The molecule has 1 N–H and O–H groups in total. The Bertz CT molecular complexity index is 671. The standard InChI is InChI=1S/C18H22FN3O2S/c1-2-20-18-22(14-5-3-4-6-14)17(24)15(25-18)11-16(23)21-13-9-7-12(19)8-10-13/h7-10,14-15H,2-6,11H2,1H3,(H,21,23)/t15-/m1/s1. The van der Waals surface area contributed by atoms with Gasteiger partial charge in [-0.3, -0.25) is 19.5 Å². The molecule has 1 saturated carbocycles. The van der Waals surface area contributed by atoms with Crippen LogP contribution in [0.4, 0.5) is 10.1 Å². The molecule has 1 aliphatic heterocycles. The zero-order chi connectivity index (χ0) is 17.8. The zero-order valence-corrected chi connectivity index (χ0v) is 15.0.